The Bertz CT molecular complexity index is 757. The van der Waals surface area contributed by atoms with E-state index in [2.05, 4.69) is 119 Å². The summed E-state index contributed by atoms with van der Waals surface area (Å²) in [4.78, 5) is 0. The second-order valence-electron chi connectivity index (χ2n) is 6.51. The van der Waals surface area contributed by atoms with Gasteiger partial charge >= 0.3 is 0 Å². The van der Waals surface area contributed by atoms with E-state index < -0.39 is 0 Å². The molecule has 25 heavy (non-hydrogen) atoms. The molecule has 0 nitrogen and oxygen atoms in total. The highest BCUT2D eigenvalue weighted by molar-refractivity contribution is 9.10. The summed E-state index contributed by atoms with van der Waals surface area (Å²) in [6.45, 7) is 4.53. The molecule has 0 aliphatic rings. The molecule has 2 heteroatoms. The van der Waals surface area contributed by atoms with Crippen LogP contribution in [0, 0.1) is 0 Å². The van der Waals surface area contributed by atoms with Crippen molar-refractivity contribution in [2.75, 3.05) is 0 Å². The third kappa shape index (κ3) is 4.43. The van der Waals surface area contributed by atoms with Crippen LogP contribution in [0.2, 0.25) is 0 Å². The summed E-state index contributed by atoms with van der Waals surface area (Å²) in [7, 11) is 0. The standard InChI is InChI=1S/C23H22Br2/c1-3-16(2)17-4-6-18(7-5-17)23(19-8-12-21(24)13-9-19)20-10-14-22(25)15-11-20/h4-16,23H,3H2,1-2H3. The molecule has 0 aromatic heterocycles. The quantitative estimate of drug-likeness (QED) is 0.341. The van der Waals surface area contributed by atoms with Gasteiger partial charge in [-0.15, -0.1) is 0 Å². The van der Waals surface area contributed by atoms with Crippen LogP contribution < -0.4 is 0 Å². The molecule has 0 aliphatic carbocycles. The number of benzene rings is 3. The lowest BCUT2D eigenvalue weighted by Gasteiger charge is -2.20. The van der Waals surface area contributed by atoms with Crippen molar-refractivity contribution < 1.29 is 0 Å². The molecule has 1 atom stereocenters. The van der Waals surface area contributed by atoms with E-state index in [1.807, 2.05) is 0 Å². The summed E-state index contributed by atoms with van der Waals surface area (Å²) in [5.74, 6) is 0.847. The molecule has 0 bridgehead atoms. The lowest BCUT2D eigenvalue weighted by Crippen LogP contribution is -2.04. The Hall–Kier alpha value is -1.38. The van der Waals surface area contributed by atoms with E-state index in [0.29, 0.717) is 5.92 Å². The van der Waals surface area contributed by atoms with Crippen LogP contribution in [0.3, 0.4) is 0 Å². The molecule has 0 amide bonds. The average molecular weight is 458 g/mol. The molecule has 0 fully saturated rings. The normalized spacial score (nSPS) is 12.4. The van der Waals surface area contributed by atoms with E-state index in [-0.39, 0.29) is 5.92 Å². The number of hydrogen-bond acceptors (Lipinski definition) is 0. The maximum absolute atomic E-state index is 3.54. The Morgan fingerprint density at radius 1 is 0.600 bits per heavy atom. The number of halogens is 2. The minimum absolute atomic E-state index is 0.243. The summed E-state index contributed by atoms with van der Waals surface area (Å²) in [5, 5.41) is 0. The zero-order valence-electron chi connectivity index (χ0n) is 14.5. The zero-order valence-corrected chi connectivity index (χ0v) is 17.7. The number of hydrogen-bond donors (Lipinski definition) is 0. The van der Waals surface area contributed by atoms with Crippen LogP contribution >= 0.6 is 31.9 Å². The van der Waals surface area contributed by atoms with Crippen LogP contribution in [0.15, 0.2) is 81.7 Å². The fourth-order valence-electron chi connectivity index (χ4n) is 3.14. The van der Waals surface area contributed by atoms with Crippen molar-refractivity contribution in [2.24, 2.45) is 0 Å². The molecule has 128 valence electrons. The van der Waals surface area contributed by atoms with E-state index >= 15 is 0 Å². The van der Waals surface area contributed by atoms with E-state index in [0.717, 1.165) is 8.95 Å². The minimum atomic E-state index is 0.243. The summed E-state index contributed by atoms with van der Waals surface area (Å²) >= 11 is 7.09. The van der Waals surface area contributed by atoms with Gasteiger partial charge in [-0.05, 0) is 58.9 Å². The molecule has 3 aromatic rings. The second kappa shape index (κ2) is 8.33. The fourth-order valence-corrected chi connectivity index (χ4v) is 3.67. The van der Waals surface area contributed by atoms with Crippen molar-refractivity contribution in [3.8, 4) is 0 Å². The van der Waals surface area contributed by atoms with E-state index in [1.54, 1.807) is 0 Å². The molecule has 0 N–H and O–H groups in total. The lowest BCUT2D eigenvalue weighted by molar-refractivity contribution is 0.733. The highest BCUT2D eigenvalue weighted by atomic mass is 79.9. The molecular formula is C23H22Br2. The first-order valence-corrected chi connectivity index (χ1v) is 10.3. The van der Waals surface area contributed by atoms with Crippen molar-refractivity contribution in [2.45, 2.75) is 32.1 Å². The van der Waals surface area contributed by atoms with Crippen molar-refractivity contribution in [1.82, 2.24) is 0 Å². The summed E-state index contributed by atoms with van der Waals surface area (Å²) in [6.07, 6.45) is 1.17. The van der Waals surface area contributed by atoms with Gasteiger partial charge < -0.3 is 0 Å². The third-order valence-electron chi connectivity index (χ3n) is 4.86. The topological polar surface area (TPSA) is 0 Å². The van der Waals surface area contributed by atoms with Gasteiger partial charge in [0, 0.05) is 14.9 Å². The van der Waals surface area contributed by atoms with Crippen molar-refractivity contribution in [1.29, 1.82) is 0 Å². The van der Waals surface area contributed by atoms with Gasteiger partial charge in [0.05, 0.1) is 0 Å². The molecule has 0 saturated carbocycles. The fraction of sp³-hybridized carbons (Fsp3) is 0.217. The smallest absolute Gasteiger partial charge is 0.0340 e. The van der Waals surface area contributed by atoms with E-state index in [4.69, 9.17) is 0 Å². The highest BCUT2D eigenvalue weighted by Gasteiger charge is 2.17. The summed E-state index contributed by atoms with van der Waals surface area (Å²) in [5.41, 5.74) is 5.36. The molecule has 0 saturated heterocycles. The van der Waals surface area contributed by atoms with Crippen LogP contribution in [0.1, 0.15) is 54.4 Å². The number of rotatable bonds is 5. The molecule has 3 aromatic carbocycles. The van der Waals surface area contributed by atoms with Gasteiger partial charge in [-0.2, -0.15) is 0 Å². The Morgan fingerprint density at radius 2 is 0.920 bits per heavy atom. The van der Waals surface area contributed by atoms with Gasteiger partial charge in [0.1, 0.15) is 0 Å². The van der Waals surface area contributed by atoms with Gasteiger partial charge in [-0.3, -0.25) is 0 Å². The Balaban J connectivity index is 2.04. The third-order valence-corrected chi connectivity index (χ3v) is 5.92. The van der Waals surface area contributed by atoms with Gasteiger partial charge in [0.25, 0.3) is 0 Å². The van der Waals surface area contributed by atoms with Crippen LogP contribution in [-0.2, 0) is 0 Å². The summed E-state index contributed by atoms with van der Waals surface area (Å²) in [6, 6.07) is 26.5. The van der Waals surface area contributed by atoms with Crippen molar-refractivity contribution in [3.63, 3.8) is 0 Å². The van der Waals surface area contributed by atoms with Gasteiger partial charge in [-0.25, -0.2) is 0 Å². The molecular weight excluding hydrogens is 436 g/mol. The van der Waals surface area contributed by atoms with E-state index in [1.165, 1.54) is 28.7 Å². The van der Waals surface area contributed by atoms with Gasteiger partial charge in [0.2, 0.25) is 0 Å². The molecule has 0 heterocycles. The highest BCUT2D eigenvalue weighted by Crippen LogP contribution is 2.34. The Labute approximate surface area is 167 Å². The van der Waals surface area contributed by atoms with Gasteiger partial charge in [-0.1, -0.05) is 94.2 Å². The first-order chi connectivity index (χ1) is 12.1. The summed E-state index contributed by atoms with van der Waals surface area (Å²) < 4.78 is 2.22. The van der Waals surface area contributed by atoms with Gasteiger partial charge in [0.15, 0.2) is 0 Å². The molecule has 0 aliphatic heterocycles. The zero-order chi connectivity index (χ0) is 17.8. The maximum atomic E-state index is 3.54. The van der Waals surface area contributed by atoms with Crippen LogP contribution in [-0.4, -0.2) is 0 Å². The molecule has 0 radical (unpaired) electrons. The van der Waals surface area contributed by atoms with Crippen LogP contribution in [0.25, 0.3) is 0 Å². The first-order valence-electron chi connectivity index (χ1n) is 8.69. The SMILES string of the molecule is CCC(C)c1ccc(C(c2ccc(Br)cc2)c2ccc(Br)cc2)cc1. The Morgan fingerprint density at radius 3 is 1.28 bits per heavy atom. The predicted molar refractivity (Wildman–Crippen MR) is 114 cm³/mol. The molecule has 0 spiro atoms. The first kappa shape index (κ1) is 18.4. The van der Waals surface area contributed by atoms with Crippen LogP contribution in [0.5, 0.6) is 0 Å². The molecule has 3 rings (SSSR count). The Kier molecular flexibility index (Phi) is 6.14. The minimum Gasteiger partial charge on any atom is -0.0648 e. The maximum Gasteiger partial charge on any atom is 0.0340 e. The predicted octanol–water partition coefficient (Wildman–Crippen LogP) is 7.91. The lowest BCUT2D eigenvalue weighted by atomic mass is 9.84. The second-order valence-corrected chi connectivity index (χ2v) is 8.34. The monoisotopic (exact) mass is 456 g/mol. The van der Waals surface area contributed by atoms with E-state index in [9.17, 15) is 0 Å². The van der Waals surface area contributed by atoms with Crippen molar-refractivity contribution in [3.05, 3.63) is 104 Å². The average Bonchev–Trinajstić information content (AvgIpc) is 2.65. The largest absolute Gasteiger partial charge is 0.0648 e. The van der Waals surface area contributed by atoms with Crippen LogP contribution in [0.4, 0.5) is 0 Å². The molecule has 1 unspecified atom stereocenters. The van der Waals surface area contributed by atoms with Crippen molar-refractivity contribution >= 4 is 31.9 Å².